The first-order valence-corrected chi connectivity index (χ1v) is 10.1. The minimum absolute atomic E-state index is 0.119. The standard InChI is InChI=1S/C21H31BFNO5/c1-19(2,3)27-18(25)24-11-10-15(24)13-26-17-12-14(8-9-16(17)23)22-28-20(4,5)21(6,7)29-22/h8-9,12,15H,10-11,13H2,1-7H3/t15-/m0/s1. The van der Waals surface area contributed by atoms with Crippen molar-refractivity contribution >= 4 is 18.7 Å². The van der Waals surface area contributed by atoms with Gasteiger partial charge in [-0.15, -0.1) is 0 Å². The molecule has 3 rings (SSSR count). The van der Waals surface area contributed by atoms with E-state index in [1.54, 1.807) is 17.0 Å². The highest BCUT2D eigenvalue weighted by Gasteiger charge is 2.51. The molecule has 8 heteroatoms. The van der Waals surface area contributed by atoms with Crippen molar-refractivity contribution in [1.29, 1.82) is 0 Å². The minimum Gasteiger partial charge on any atom is -0.488 e. The molecule has 1 amide bonds. The quantitative estimate of drug-likeness (QED) is 0.715. The van der Waals surface area contributed by atoms with Crippen LogP contribution in [0.25, 0.3) is 0 Å². The number of amides is 1. The van der Waals surface area contributed by atoms with Gasteiger partial charge in [-0.25, -0.2) is 9.18 Å². The topological polar surface area (TPSA) is 57.2 Å². The van der Waals surface area contributed by atoms with Gasteiger partial charge in [-0.1, -0.05) is 6.07 Å². The molecule has 160 valence electrons. The molecule has 2 aliphatic heterocycles. The highest BCUT2D eigenvalue weighted by atomic mass is 19.1. The predicted octanol–water partition coefficient (Wildman–Crippen LogP) is 3.51. The summed E-state index contributed by atoms with van der Waals surface area (Å²) in [4.78, 5) is 13.8. The molecular weight excluding hydrogens is 376 g/mol. The van der Waals surface area contributed by atoms with E-state index in [-0.39, 0.29) is 24.5 Å². The number of carbonyl (C=O) groups excluding carboxylic acids is 1. The van der Waals surface area contributed by atoms with Crippen LogP contribution in [0.3, 0.4) is 0 Å². The Kier molecular flexibility index (Phi) is 5.64. The van der Waals surface area contributed by atoms with Gasteiger partial charge >= 0.3 is 13.2 Å². The van der Waals surface area contributed by atoms with E-state index in [0.29, 0.717) is 12.0 Å². The zero-order chi connectivity index (χ0) is 21.6. The Morgan fingerprint density at radius 3 is 2.38 bits per heavy atom. The molecule has 2 aliphatic rings. The van der Waals surface area contributed by atoms with Gasteiger partial charge in [0.05, 0.1) is 17.2 Å². The second-order valence-electron chi connectivity index (χ2n) is 9.71. The molecule has 0 unspecified atom stereocenters. The fraction of sp³-hybridized carbons (Fsp3) is 0.667. The fourth-order valence-electron chi connectivity index (χ4n) is 3.12. The maximum absolute atomic E-state index is 14.3. The monoisotopic (exact) mass is 407 g/mol. The van der Waals surface area contributed by atoms with Crippen LogP contribution in [0, 0.1) is 5.82 Å². The van der Waals surface area contributed by atoms with Crippen molar-refractivity contribution in [2.45, 2.75) is 77.7 Å². The minimum atomic E-state index is -0.593. The van der Waals surface area contributed by atoms with Gasteiger partial charge in [-0.2, -0.15) is 0 Å². The van der Waals surface area contributed by atoms with Gasteiger partial charge in [-0.3, -0.25) is 0 Å². The Morgan fingerprint density at radius 1 is 1.24 bits per heavy atom. The van der Waals surface area contributed by atoms with Gasteiger partial charge in [-0.05, 0) is 72.5 Å². The Bertz CT molecular complexity index is 761. The largest absolute Gasteiger partial charge is 0.494 e. The summed E-state index contributed by atoms with van der Waals surface area (Å²) in [6.07, 6.45) is 0.418. The first-order valence-electron chi connectivity index (χ1n) is 10.1. The van der Waals surface area contributed by atoms with E-state index in [1.165, 1.54) is 6.07 Å². The van der Waals surface area contributed by atoms with Gasteiger partial charge in [0, 0.05) is 6.54 Å². The van der Waals surface area contributed by atoms with E-state index in [1.807, 2.05) is 48.5 Å². The third-order valence-electron chi connectivity index (χ3n) is 5.68. The van der Waals surface area contributed by atoms with Crippen LogP contribution >= 0.6 is 0 Å². The van der Waals surface area contributed by atoms with Gasteiger partial charge in [0.2, 0.25) is 0 Å². The molecule has 1 aromatic carbocycles. The molecule has 0 aromatic heterocycles. The van der Waals surface area contributed by atoms with Gasteiger partial charge in [0.15, 0.2) is 11.6 Å². The summed E-state index contributed by atoms with van der Waals surface area (Å²) in [7, 11) is -0.593. The van der Waals surface area contributed by atoms with Crippen molar-refractivity contribution in [2.75, 3.05) is 13.2 Å². The van der Waals surface area contributed by atoms with Crippen LogP contribution in [0.5, 0.6) is 5.75 Å². The van der Waals surface area contributed by atoms with Crippen molar-refractivity contribution in [3.05, 3.63) is 24.0 Å². The highest BCUT2D eigenvalue weighted by molar-refractivity contribution is 6.62. The molecule has 29 heavy (non-hydrogen) atoms. The zero-order valence-corrected chi connectivity index (χ0v) is 18.4. The second kappa shape index (κ2) is 7.47. The predicted molar refractivity (Wildman–Crippen MR) is 109 cm³/mol. The molecule has 2 fully saturated rings. The number of hydrogen-bond donors (Lipinski definition) is 0. The third-order valence-corrected chi connectivity index (χ3v) is 5.68. The second-order valence-corrected chi connectivity index (χ2v) is 9.71. The summed E-state index contributed by atoms with van der Waals surface area (Å²) in [5.74, 6) is -0.346. The molecule has 2 heterocycles. The van der Waals surface area contributed by atoms with E-state index in [0.717, 1.165) is 6.42 Å². The van der Waals surface area contributed by atoms with Crippen LogP contribution < -0.4 is 10.2 Å². The van der Waals surface area contributed by atoms with Crippen molar-refractivity contribution in [1.82, 2.24) is 4.90 Å². The summed E-state index contributed by atoms with van der Waals surface area (Å²) >= 11 is 0. The maximum Gasteiger partial charge on any atom is 0.494 e. The summed E-state index contributed by atoms with van der Waals surface area (Å²) in [5.41, 5.74) is -0.820. The smallest absolute Gasteiger partial charge is 0.488 e. The van der Waals surface area contributed by atoms with Crippen molar-refractivity contribution < 1.29 is 28.0 Å². The van der Waals surface area contributed by atoms with E-state index >= 15 is 0 Å². The lowest BCUT2D eigenvalue weighted by molar-refractivity contribution is -0.0143. The molecule has 0 aliphatic carbocycles. The van der Waals surface area contributed by atoms with Crippen molar-refractivity contribution in [3.63, 3.8) is 0 Å². The van der Waals surface area contributed by atoms with Crippen molar-refractivity contribution in [2.24, 2.45) is 0 Å². The van der Waals surface area contributed by atoms with E-state index < -0.39 is 29.7 Å². The number of benzene rings is 1. The van der Waals surface area contributed by atoms with Gasteiger partial charge in [0.25, 0.3) is 0 Å². The highest BCUT2D eigenvalue weighted by Crippen LogP contribution is 2.36. The number of rotatable bonds is 4. The number of hydrogen-bond acceptors (Lipinski definition) is 5. The average Bonchev–Trinajstić information content (AvgIpc) is 2.74. The first kappa shape index (κ1) is 21.9. The van der Waals surface area contributed by atoms with Gasteiger partial charge < -0.3 is 23.7 Å². The number of ether oxygens (including phenoxy) is 2. The van der Waals surface area contributed by atoms with Crippen LogP contribution in [0.2, 0.25) is 0 Å². The van der Waals surface area contributed by atoms with Crippen LogP contribution in [-0.2, 0) is 14.0 Å². The lowest BCUT2D eigenvalue weighted by atomic mass is 9.79. The van der Waals surface area contributed by atoms with Crippen LogP contribution in [0.4, 0.5) is 9.18 Å². The van der Waals surface area contributed by atoms with E-state index in [2.05, 4.69) is 0 Å². The molecule has 2 saturated heterocycles. The normalized spacial score (nSPS) is 23.0. The Balaban J connectivity index is 1.64. The van der Waals surface area contributed by atoms with Gasteiger partial charge in [0.1, 0.15) is 12.2 Å². The lowest BCUT2D eigenvalue weighted by Crippen LogP contribution is -2.55. The number of likely N-dealkylation sites (tertiary alicyclic amines) is 1. The maximum atomic E-state index is 14.3. The van der Waals surface area contributed by atoms with Crippen LogP contribution in [0.15, 0.2) is 18.2 Å². The molecule has 1 atom stereocenters. The Hall–Kier alpha value is -1.80. The molecule has 0 bridgehead atoms. The number of halogens is 1. The summed E-state index contributed by atoms with van der Waals surface area (Å²) < 4.78 is 37.5. The SMILES string of the molecule is CC(C)(C)OC(=O)N1CC[C@H]1COc1cc(B2OC(C)(C)C(C)(C)O2)ccc1F. The molecule has 0 spiro atoms. The average molecular weight is 407 g/mol. The molecule has 6 nitrogen and oxygen atoms in total. The van der Waals surface area contributed by atoms with E-state index in [9.17, 15) is 9.18 Å². The summed E-state index contributed by atoms with van der Waals surface area (Å²) in [5, 5.41) is 0. The third kappa shape index (κ3) is 4.69. The Labute approximate surface area is 172 Å². The molecule has 0 saturated carbocycles. The molecular formula is C21H31BFNO5. The molecule has 0 N–H and O–H groups in total. The van der Waals surface area contributed by atoms with E-state index in [4.69, 9.17) is 18.8 Å². The number of nitrogens with zero attached hydrogens (tertiary/aromatic N) is 1. The Morgan fingerprint density at radius 2 is 1.86 bits per heavy atom. The van der Waals surface area contributed by atoms with Crippen LogP contribution in [0.1, 0.15) is 54.9 Å². The number of carbonyl (C=O) groups is 1. The first-order chi connectivity index (χ1) is 13.3. The molecule has 0 radical (unpaired) electrons. The zero-order valence-electron chi connectivity index (χ0n) is 18.4. The fourth-order valence-corrected chi connectivity index (χ4v) is 3.12. The van der Waals surface area contributed by atoms with Crippen molar-refractivity contribution in [3.8, 4) is 5.75 Å². The van der Waals surface area contributed by atoms with Crippen LogP contribution in [-0.4, -0.2) is 54.1 Å². The summed E-state index contributed by atoms with van der Waals surface area (Å²) in [6, 6.07) is 4.46. The lowest BCUT2D eigenvalue weighted by Gasteiger charge is -2.41. The summed E-state index contributed by atoms with van der Waals surface area (Å²) in [6.45, 7) is 14.2. The molecule has 1 aromatic rings.